The van der Waals surface area contributed by atoms with Crippen LogP contribution in [0.4, 0.5) is 0 Å². The molecule has 2 aliphatic rings. The van der Waals surface area contributed by atoms with Crippen LogP contribution < -0.4 is 4.72 Å². The van der Waals surface area contributed by atoms with E-state index in [-0.39, 0.29) is 6.10 Å². The van der Waals surface area contributed by atoms with Crippen molar-refractivity contribution in [3.8, 4) is 0 Å². The number of hydrogen-bond acceptors (Lipinski definition) is 3. The average Bonchev–Trinajstić information content (AvgIpc) is 3.28. The highest BCUT2D eigenvalue weighted by molar-refractivity contribution is 7.87. The molecule has 0 atom stereocenters. The first kappa shape index (κ1) is 15.9. The highest BCUT2D eigenvalue weighted by Gasteiger charge is 2.48. The number of ether oxygens (including phenoxy) is 1. The summed E-state index contributed by atoms with van der Waals surface area (Å²) in [6, 6.07) is 8.13. The first-order chi connectivity index (χ1) is 10.5. The number of hydrogen-bond donors (Lipinski definition) is 1. The summed E-state index contributed by atoms with van der Waals surface area (Å²) in [5.41, 5.74) is 1.85. The van der Waals surface area contributed by atoms with Crippen molar-refractivity contribution < 1.29 is 13.2 Å². The van der Waals surface area contributed by atoms with Crippen LogP contribution in [0.1, 0.15) is 36.8 Å². The molecule has 0 unspecified atom stereocenters. The van der Waals surface area contributed by atoms with E-state index in [1.54, 1.807) is 11.4 Å². The van der Waals surface area contributed by atoms with Gasteiger partial charge in [0.15, 0.2) is 0 Å². The second kappa shape index (κ2) is 5.92. The summed E-state index contributed by atoms with van der Waals surface area (Å²) < 4.78 is 35.1. The van der Waals surface area contributed by atoms with Crippen LogP contribution >= 0.6 is 0 Å². The van der Waals surface area contributed by atoms with Crippen molar-refractivity contribution in [2.75, 3.05) is 20.2 Å². The average molecular weight is 324 g/mol. The van der Waals surface area contributed by atoms with Gasteiger partial charge in [-0.2, -0.15) is 17.4 Å². The molecule has 6 heteroatoms. The Morgan fingerprint density at radius 1 is 1.18 bits per heavy atom. The summed E-state index contributed by atoms with van der Waals surface area (Å²) >= 11 is 0. The van der Waals surface area contributed by atoms with Gasteiger partial charge < -0.3 is 4.74 Å². The largest absolute Gasteiger partial charge is 0.381 e. The first-order valence-corrected chi connectivity index (χ1v) is 9.28. The van der Waals surface area contributed by atoms with Crippen molar-refractivity contribution in [3.63, 3.8) is 0 Å². The number of piperidine rings is 1. The van der Waals surface area contributed by atoms with Gasteiger partial charge in [0.25, 0.3) is 10.2 Å². The molecule has 0 amide bonds. The third-order valence-corrected chi connectivity index (χ3v) is 6.45. The van der Waals surface area contributed by atoms with Gasteiger partial charge in [-0.05, 0) is 38.2 Å². The number of nitrogens with zero attached hydrogens (tertiary/aromatic N) is 1. The van der Waals surface area contributed by atoms with Crippen molar-refractivity contribution in [2.45, 2.75) is 44.2 Å². The molecule has 0 spiro atoms. The Balaban J connectivity index is 1.70. The molecule has 3 rings (SSSR count). The van der Waals surface area contributed by atoms with Crippen molar-refractivity contribution in [3.05, 3.63) is 35.4 Å². The van der Waals surface area contributed by atoms with Crippen LogP contribution in [0.5, 0.6) is 0 Å². The Morgan fingerprint density at radius 2 is 1.77 bits per heavy atom. The third-order valence-electron chi connectivity index (χ3n) is 4.75. The molecule has 1 saturated heterocycles. The fourth-order valence-corrected chi connectivity index (χ4v) is 4.70. The smallest absolute Gasteiger partial charge is 0.280 e. The lowest BCUT2D eigenvalue weighted by Gasteiger charge is -2.32. The molecular weight excluding hydrogens is 300 g/mol. The van der Waals surface area contributed by atoms with E-state index in [9.17, 15) is 8.42 Å². The fourth-order valence-electron chi connectivity index (χ4n) is 3.07. The van der Waals surface area contributed by atoms with E-state index in [1.165, 1.54) is 5.56 Å². The van der Waals surface area contributed by atoms with Crippen molar-refractivity contribution in [1.29, 1.82) is 0 Å². The van der Waals surface area contributed by atoms with E-state index in [0.717, 1.165) is 31.2 Å². The molecule has 1 aliphatic heterocycles. The molecule has 1 heterocycles. The van der Waals surface area contributed by atoms with E-state index in [4.69, 9.17) is 4.74 Å². The normalized spacial score (nSPS) is 22.6. The molecule has 1 aromatic carbocycles. The topological polar surface area (TPSA) is 58.6 Å². The Labute approximate surface area is 132 Å². The van der Waals surface area contributed by atoms with E-state index in [1.807, 2.05) is 31.2 Å². The van der Waals surface area contributed by atoms with Gasteiger partial charge in [-0.1, -0.05) is 29.8 Å². The van der Waals surface area contributed by atoms with E-state index < -0.39 is 15.7 Å². The summed E-state index contributed by atoms with van der Waals surface area (Å²) in [4.78, 5) is 0. The minimum Gasteiger partial charge on any atom is -0.381 e. The summed E-state index contributed by atoms with van der Waals surface area (Å²) in [5.74, 6) is 0. The number of aryl methyl sites for hydroxylation is 1. The molecule has 1 N–H and O–H groups in total. The molecule has 22 heavy (non-hydrogen) atoms. The zero-order chi connectivity index (χ0) is 15.8. The van der Waals surface area contributed by atoms with Crippen molar-refractivity contribution >= 4 is 10.2 Å². The molecule has 1 aliphatic carbocycles. The summed E-state index contributed by atoms with van der Waals surface area (Å²) in [6.45, 7) is 3.09. The van der Waals surface area contributed by atoms with Crippen molar-refractivity contribution in [1.82, 2.24) is 9.03 Å². The van der Waals surface area contributed by atoms with Gasteiger partial charge in [0, 0.05) is 20.2 Å². The van der Waals surface area contributed by atoms with Gasteiger partial charge in [0.1, 0.15) is 0 Å². The molecule has 0 bridgehead atoms. The third kappa shape index (κ3) is 3.20. The van der Waals surface area contributed by atoms with E-state index in [0.29, 0.717) is 13.1 Å². The molecule has 1 saturated carbocycles. The lowest BCUT2D eigenvalue weighted by molar-refractivity contribution is 0.0601. The Hall–Kier alpha value is -0.950. The van der Waals surface area contributed by atoms with Gasteiger partial charge in [-0.3, -0.25) is 0 Å². The number of nitrogens with one attached hydrogen (secondary N) is 1. The lowest BCUT2D eigenvalue weighted by atomic mass is 10.0. The molecule has 0 aromatic heterocycles. The van der Waals surface area contributed by atoms with E-state index in [2.05, 4.69) is 4.72 Å². The Morgan fingerprint density at radius 3 is 2.27 bits per heavy atom. The molecule has 1 aromatic rings. The SMILES string of the molecule is COC1CCN(S(=O)(=O)NC2(c3ccc(C)cc3)CC2)CC1. The molecule has 2 fully saturated rings. The number of rotatable bonds is 5. The second-order valence-electron chi connectivity index (χ2n) is 6.39. The minimum absolute atomic E-state index is 0.179. The Kier molecular flexibility index (Phi) is 4.29. The first-order valence-electron chi connectivity index (χ1n) is 7.84. The van der Waals surface area contributed by atoms with Gasteiger partial charge in [0.05, 0.1) is 11.6 Å². The van der Waals surface area contributed by atoms with Crippen LogP contribution in [0, 0.1) is 6.92 Å². The van der Waals surface area contributed by atoms with Crippen LogP contribution in [0.3, 0.4) is 0 Å². The predicted molar refractivity (Wildman–Crippen MR) is 85.8 cm³/mol. The highest BCUT2D eigenvalue weighted by Crippen LogP contribution is 2.46. The second-order valence-corrected chi connectivity index (χ2v) is 8.06. The molecule has 122 valence electrons. The van der Waals surface area contributed by atoms with Gasteiger partial charge in [-0.25, -0.2) is 0 Å². The Bertz CT molecular complexity index is 615. The van der Waals surface area contributed by atoms with Crippen molar-refractivity contribution in [2.24, 2.45) is 0 Å². The van der Waals surface area contributed by atoms with Gasteiger partial charge >= 0.3 is 0 Å². The zero-order valence-corrected chi connectivity index (χ0v) is 14.0. The van der Waals surface area contributed by atoms with E-state index >= 15 is 0 Å². The molecule has 0 radical (unpaired) electrons. The van der Waals surface area contributed by atoms with Gasteiger partial charge in [0.2, 0.25) is 0 Å². The van der Waals surface area contributed by atoms with Crippen LogP contribution in [0.15, 0.2) is 24.3 Å². The van der Waals surface area contributed by atoms with Crippen LogP contribution in [0.25, 0.3) is 0 Å². The van der Waals surface area contributed by atoms with Crippen LogP contribution in [0.2, 0.25) is 0 Å². The maximum Gasteiger partial charge on any atom is 0.280 e. The summed E-state index contributed by atoms with van der Waals surface area (Å²) in [6.07, 6.45) is 3.43. The fraction of sp³-hybridized carbons (Fsp3) is 0.625. The maximum absolute atomic E-state index is 12.7. The lowest BCUT2D eigenvalue weighted by Crippen LogP contribution is -2.49. The minimum atomic E-state index is -3.44. The maximum atomic E-state index is 12.7. The quantitative estimate of drug-likeness (QED) is 0.900. The zero-order valence-electron chi connectivity index (χ0n) is 13.2. The standard InChI is InChI=1S/C16H24N2O3S/c1-13-3-5-14(6-4-13)16(9-10-16)17-22(19,20)18-11-7-15(21-2)8-12-18/h3-6,15,17H,7-12H2,1-2H3. The molecule has 5 nitrogen and oxygen atoms in total. The summed E-state index contributed by atoms with van der Waals surface area (Å²) in [5, 5.41) is 0. The van der Waals surface area contributed by atoms with Crippen LogP contribution in [-0.4, -0.2) is 39.0 Å². The summed E-state index contributed by atoms with van der Waals surface area (Å²) in [7, 11) is -1.76. The number of benzene rings is 1. The van der Waals surface area contributed by atoms with Crippen LogP contribution in [-0.2, 0) is 20.5 Å². The predicted octanol–water partition coefficient (Wildman–Crippen LogP) is 1.93. The highest BCUT2D eigenvalue weighted by atomic mass is 32.2. The molecular formula is C16H24N2O3S. The monoisotopic (exact) mass is 324 g/mol. The number of methoxy groups -OCH3 is 1. The van der Waals surface area contributed by atoms with Gasteiger partial charge in [-0.15, -0.1) is 0 Å².